The number of carboxylic acid groups (broad SMARTS) is 1. The van der Waals surface area contributed by atoms with Gasteiger partial charge in [0.05, 0.1) is 13.7 Å². The molecular formula is C19H19NO5. The van der Waals surface area contributed by atoms with Gasteiger partial charge in [-0.15, -0.1) is 0 Å². The number of anilines is 1. The zero-order chi connectivity index (χ0) is 18.2. The molecule has 0 aliphatic rings. The lowest BCUT2D eigenvalue weighted by Crippen LogP contribution is -2.13. The number of allylic oxidation sites excluding steroid dienone is 1. The first-order chi connectivity index (χ1) is 12.0. The molecule has 2 rings (SSSR count). The van der Waals surface area contributed by atoms with Gasteiger partial charge < -0.3 is 19.9 Å². The number of ketones is 1. The molecule has 6 nitrogen and oxygen atoms in total. The second-order valence-corrected chi connectivity index (χ2v) is 5.04. The Morgan fingerprint density at radius 2 is 1.64 bits per heavy atom. The highest BCUT2D eigenvalue weighted by molar-refractivity contribution is 6.09. The van der Waals surface area contributed by atoms with Gasteiger partial charge in [0.2, 0.25) is 0 Å². The van der Waals surface area contributed by atoms with Crippen LogP contribution < -0.4 is 14.8 Å². The third-order valence-electron chi connectivity index (χ3n) is 3.32. The second kappa shape index (κ2) is 8.54. The Balaban J connectivity index is 2.17. The summed E-state index contributed by atoms with van der Waals surface area (Å²) in [5.41, 5.74) is 0.691. The molecule has 0 aliphatic heterocycles. The number of carbonyl (C=O) groups excluding carboxylic acids is 1. The summed E-state index contributed by atoms with van der Waals surface area (Å²) in [6.07, 6.45) is 1.06. The number of aliphatic carboxylic acids is 1. The summed E-state index contributed by atoms with van der Waals surface area (Å²) in [7, 11) is 1.54. The van der Waals surface area contributed by atoms with Crippen LogP contribution in [0.4, 0.5) is 5.69 Å². The van der Waals surface area contributed by atoms with Crippen LogP contribution in [0.3, 0.4) is 0 Å². The minimum absolute atomic E-state index is 0.218. The summed E-state index contributed by atoms with van der Waals surface area (Å²) in [6.45, 7) is 2.40. The van der Waals surface area contributed by atoms with E-state index < -0.39 is 11.8 Å². The van der Waals surface area contributed by atoms with Crippen molar-refractivity contribution >= 4 is 17.4 Å². The molecule has 2 aromatic rings. The highest BCUT2D eigenvalue weighted by Crippen LogP contribution is 2.18. The van der Waals surface area contributed by atoms with E-state index in [1.807, 2.05) is 6.92 Å². The molecule has 0 saturated carbocycles. The monoisotopic (exact) mass is 341 g/mol. The molecule has 0 aromatic heterocycles. The lowest BCUT2D eigenvalue weighted by Gasteiger charge is -2.08. The molecule has 0 spiro atoms. The van der Waals surface area contributed by atoms with Gasteiger partial charge in [-0.1, -0.05) is 0 Å². The Labute approximate surface area is 145 Å². The summed E-state index contributed by atoms with van der Waals surface area (Å²) in [4.78, 5) is 23.7. The Hall–Kier alpha value is -3.28. The van der Waals surface area contributed by atoms with Crippen molar-refractivity contribution < 1.29 is 24.2 Å². The summed E-state index contributed by atoms with van der Waals surface area (Å²) in [6, 6.07) is 13.2. The van der Waals surface area contributed by atoms with Crippen LogP contribution in [0.15, 0.2) is 60.3 Å². The quantitative estimate of drug-likeness (QED) is 0.566. The summed E-state index contributed by atoms with van der Waals surface area (Å²) in [5, 5.41) is 12.0. The highest BCUT2D eigenvalue weighted by atomic mass is 16.5. The molecule has 0 saturated heterocycles. The number of benzene rings is 2. The number of carbonyl (C=O) groups is 2. The fraction of sp³-hybridized carbons (Fsp3) is 0.158. The van der Waals surface area contributed by atoms with Crippen LogP contribution in [0.2, 0.25) is 0 Å². The molecule has 0 fully saturated rings. The van der Waals surface area contributed by atoms with E-state index in [-0.39, 0.29) is 5.70 Å². The largest absolute Gasteiger partial charge is 0.497 e. The minimum atomic E-state index is -1.23. The molecule has 0 atom stereocenters. The molecule has 0 aliphatic carbocycles. The van der Waals surface area contributed by atoms with Gasteiger partial charge in [0.15, 0.2) is 5.78 Å². The predicted octanol–water partition coefficient (Wildman–Crippen LogP) is 3.36. The number of ether oxygens (including phenoxy) is 2. The van der Waals surface area contributed by atoms with Crippen molar-refractivity contribution in [2.75, 3.05) is 19.0 Å². The number of rotatable bonds is 8. The van der Waals surface area contributed by atoms with Gasteiger partial charge >= 0.3 is 5.97 Å². The van der Waals surface area contributed by atoms with Gasteiger partial charge in [-0.3, -0.25) is 4.79 Å². The van der Waals surface area contributed by atoms with Crippen LogP contribution in [0.25, 0.3) is 0 Å². The Bertz CT molecular complexity index is 763. The number of nitrogens with one attached hydrogen (secondary N) is 1. The maximum atomic E-state index is 12.3. The lowest BCUT2D eigenvalue weighted by molar-refractivity contribution is -0.132. The average Bonchev–Trinajstić information content (AvgIpc) is 2.62. The van der Waals surface area contributed by atoms with Gasteiger partial charge in [0, 0.05) is 17.3 Å². The van der Waals surface area contributed by atoms with Crippen LogP contribution in [0, 0.1) is 0 Å². The van der Waals surface area contributed by atoms with Crippen molar-refractivity contribution in [3.8, 4) is 11.5 Å². The second-order valence-electron chi connectivity index (χ2n) is 5.04. The van der Waals surface area contributed by atoms with Gasteiger partial charge in [-0.05, 0) is 55.5 Å². The zero-order valence-corrected chi connectivity index (χ0v) is 14.0. The third kappa shape index (κ3) is 5.10. The van der Waals surface area contributed by atoms with Gasteiger partial charge in [-0.2, -0.15) is 0 Å². The third-order valence-corrected chi connectivity index (χ3v) is 3.32. The van der Waals surface area contributed by atoms with Crippen LogP contribution in [-0.4, -0.2) is 30.6 Å². The Kier molecular flexibility index (Phi) is 6.17. The fourth-order valence-corrected chi connectivity index (χ4v) is 2.08. The van der Waals surface area contributed by atoms with E-state index in [0.29, 0.717) is 29.4 Å². The van der Waals surface area contributed by atoms with E-state index in [4.69, 9.17) is 9.47 Å². The first-order valence-electron chi connectivity index (χ1n) is 7.66. The van der Waals surface area contributed by atoms with Gasteiger partial charge in [-0.25, -0.2) is 4.79 Å². The van der Waals surface area contributed by atoms with E-state index >= 15 is 0 Å². The van der Waals surface area contributed by atoms with Gasteiger partial charge in [0.1, 0.15) is 17.2 Å². The maximum Gasteiger partial charge on any atom is 0.352 e. The predicted molar refractivity (Wildman–Crippen MR) is 94.3 cm³/mol. The first-order valence-corrected chi connectivity index (χ1v) is 7.66. The van der Waals surface area contributed by atoms with E-state index in [0.717, 1.165) is 6.08 Å². The molecule has 0 amide bonds. The van der Waals surface area contributed by atoms with Crippen LogP contribution in [0.5, 0.6) is 11.5 Å². The van der Waals surface area contributed by atoms with E-state index in [1.165, 1.54) is 0 Å². The molecule has 0 unspecified atom stereocenters. The number of methoxy groups -OCH3 is 1. The Morgan fingerprint density at radius 3 is 2.16 bits per heavy atom. The molecule has 2 aromatic carbocycles. The lowest BCUT2D eigenvalue weighted by atomic mass is 10.1. The smallest absolute Gasteiger partial charge is 0.352 e. The maximum absolute atomic E-state index is 12.3. The minimum Gasteiger partial charge on any atom is -0.497 e. The summed E-state index contributed by atoms with van der Waals surface area (Å²) in [5.74, 6) is -0.341. The molecule has 6 heteroatoms. The number of hydrogen-bond donors (Lipinski definition) is 2. The molecule has 130 valence electrons. The normalized spacial score (nSPS) is 10.9. The molecule has 0 bridgehead atoms. The fourth-order valence-electron chi connectivity index (χ4n) is 2.08. The highest BCUT2D eigenvalue weighted by Gasteiger charge is 2.12. The molecule has 0 radical (unpaired) electrons. The van der Waals surface area contributed by atoms with Crippen molar-refractivity contribution in [3.63, 3.8) is 0 Å². The SMILES string of the molecule is CCOc1ccc(C(=O)C=C(Nc2ccc(OC)cc2)C(=O)O)cc1. The van der Waals surface area contributed by atoms with E-state index in [9.17, 15) is 14.7 Å². The molecule has 25 heavy (non-hydrogen) atoms. The van der Waals surface area contributed by atoms with E-state index in [2.05, 4.69) is 5.32 Å². The van der Waals surface area contributed by atoms with Crippen molar-refractivity contribution in [1.29, 1.82) is 0 Å². The first kappa shape index (κ1) is 18.1. The summed E-state index contributed by atoms with van der Waals surface area (Å²) < 4.78 is 10.4. The summed E-state index contributed by atoms with van der Waals surface area (Å²) >= 11 is 0. The van der Waals surface area contributed by atoms with Crippen molar-refractivity contribution in [1.82, 2.24) is 0 Å². The molecule has 2 N–H and O–H groups in total. The van der Waals surface area contributed by atoms with Gasteiger partial charge in [0.25, 0.3) is 0 Å². The zero-order valence-electron chi connectivity index (χ0n) is 14.0. The Morgan fingerprint density at radius 1 is 1.04 bits per heavy atom. The van der Waals surface area contributed by atoms with Crippen molar-refractivity contribution in [2.24, 2.45) is 0 Å². The number of hydrogen-bond acceptors (Lipinski definition) is 5. The van der Waals surface area contributed by atoms with Crippen molar-refractivity contribution in [3.05, 3.63) is 65.9 Å². The van der Waals surface area contributed by atoms with Crippen LogP contribution in [0.1, 0.15) is 17.3 Å². The van der Waals surface area contributed by atoms with Crippen molar-refractivity contribution in [2.45, 2.75) is 6.92 Å². The average molecular weight is 341 g/mol. The number of carboxylic acids is 1. The van der Waals surface area contributed by atoms with Crippen LogP contribution >= 0.6 is 0 Å². The van der Waals surface area contributed by atoms with Crippen LogP contribution in [-0.2, 0) is 4.79 Å². The standard InChI is InChI=1S/C19H19NO5/c1-3-25-16-8-4-13(5-9-16)18(21)12-17(19(22)23)20-14-6-10-15(24-2)11-7-14/h4-12,20H,3H2,1-2H3,(H,22,23). The molecular weight excluding hydrogens is 322 g/mol. The molecule has 0 heterocycles. The van der Waals surface area contributed by atoms with E-state index in [1.54, 1.807) is 55.6 Å². The topological polar surface area (TPSA) is 84.9 Å².